The van der Waals surface area contributed by atoms with Crippen LogP contribution in [0.3, 0.4) is 0 Å². The van der Waals surface area contributed by atoms with Gasteiger partial charge in [0.1, 0.15) is 6.04 Å². The van der Waals surface area contributed by atoms with Gasteiger partial charge in [-0.1, -0.05) is 30.3 Å². The van der Waals surface area contributed by atoms with Crippen molar-refractivity contribution in [2.24, 2.45) is 11.6 Å². The lowest BCUT2D eigenvalue weighted by Gasteiger charge is -2.26. The normalized spacial score (nSPS) is 13.0. The molecule has 0 spiro atoms. The molecular formula is C17H18N4S2. The molecule has 2 aromatic heterocycles. The quantitative estimate of drug-likeness (QED) is 0.547. The first kappa shape index (κ1) is 15.7. The third kappa shape index (κ3) is 3.44. The molecule has 2 heterocycles. The van der Waals surface area contributed by atoms with E-state index in [4.69, 9.17) is 11.6 Å². The Morgan fingerprint density at radius 1 is 1.26 bits per heavy atom. The van der Waals surface area contributed by atoms with Crippen LogP contribution in [0.25, 0.3) is 5.70 Å². The van der Waals surface area contributed by atoms with Gasteiger partial charge < -0.3 is 10.7 Å². The lowest BCUT2D eigenvalue weighted by molar-refractivity contribution is 0.333. The van der Waals surface area contributed by atoms with Crippen LogP contribution in [0.15, 0.2) is 58.9 Å². The van der Waals surface area contributed by atoms with E-state index >= 15 is 0 Å². The minimum Gasteiger partial charge on any atom is -0.397 e. The number of rotatable bonds is 5. The second-order valence-electron chi connectivity index (χ2n) is 5.16. The standard InChI is InChI=1S/C17H18N4S2/c1-12-17(23-11-20-12)16(13-5-3-2-4-6-13)21(19)9-15(18)14-7-8-22-10-14/h2-11,16H,18-19H2,1H3/b15-9-. The number of aryl methyl sites for hydroxylation is 1. The Morgan fingerprint density at radius 2 is 2.04 bits per heavy atom. The predicted octanol–water partition coefficient (Wildman–Crippen LogP) is 3.74. The molecule has 1 atom stereocenters. The van der Waals surface area contributed by atoms with Gasteiger partial charge in [0.25, 0.3) is 0 Å². The molecule has 1 aromatic carbocycles. The molecule has 1 unspecified atom stereocenters. The van der Waals surface area contributed by atoms with Crippen molar-refractivity contribution in [2.75, 3.05) is 0 Å². The summed E-state index contributed by atoms with van der Waals surface area (Å²) in [6.45, 7) is 2.00. The van der Waals surface area contributed by atoms with Crippen LogP contribution in [0.2, 0.25) is 0 Å². The Balaban J connectivity index is 1.99. The van der Waals surface area contributed by atoms with Crippen LogP contribution in [0, 0.1) is 6.92 Å². The van der Waals surface area contributed by atoms with Crippen LogP contribution >= 0.6 is 22.7 Å². The SMILES string of the molecule is Cc1ncsc1C(c1ccccc1)N(N)/C=C(\N)c1ccsc1. The van der Waals surface area contributed by atoms with Crippen LogP contribution in [0.4, 0.5) is 0 Å². The second-order valence-corrected chi connectivity index (χ2v) is 6.83. The molecule has 0 aliphatic rings. The van der Waals surface area contributed by atoms with Gasteiger partial charge in [-0.05, 0) is 23.9 Å². The number of thiophene rings is 1. The van der Waals surface area contributed by atoms with E-state index in [1.165, 1.54) is 0 Å². The summed E-state index contributed by atoms with van der Waals surface area (Å²) in [5.74, 6) is 6.38. The highest BCUT2D eigenvalue weighted by Crippen LogP contribution is 2.32. The average Bonchev–Trinajstić information content (AvgIpc) is 3.21. The van der Waals surface area contributed by atoms with Crippen molar-refractivity contribution in [2.45, 2.75) is 13.0 Å². The Morgan fingerprint density at radius 3 is 2.65 bits per heavy atom. The molecule has 6 heteroatoms. The molecule has 0 aliphatic carbocycles. The number of hydrogen-bond acceptors (Lipinski definition) is 6. The lowest BCUT2D eigenvalue weighted by Crippen LogP contribution is -2.31. The van der Waals surface area contributed by atoms with Crippen molar-refractivity contribution in [1.82, 2.24) is 9.99 Å². The monoisotopic (exact) mass is 342 g/mol. The van der Waals surface area contributed by atoms with Gasteiger partial charge in [-0.2, -0.15) is 11.3 Å². The number of thiazole rings is 1. The second kappa shape index (κ2) is 6.95. The fraction of sp³-hybridized carbons (Fsp3) is 0.118. The highest BCUT2D eigenvalue weighted by molar-refractivity contribution is 7.09. The van der Waals surface area contributed by atoms with Crippen LogP contribution in [-0.2, 0) is 0 Å². The Labute approximate surface area is 143 Å². The number of hydrogen-bond donors (Lipinski definition) is 2. The summed E-state index contributed by atoms with van der Waals surface area (Å²) in [5, 5.41) is 5.68. The number of hydrazine groups is 1. The van der Waals surface area contributed by atoms with E-state index in [1.807, 2.05) is 47.5 Å². The zero-order valence-electron chi connectivity index (χ0n) is 12.7. The summed E-state index contributed by atoms with van der Waals surface area (Å²) in [4.78, 5) is 5.48. The van der Waals surface area contributed by atoms with Crippen molar-refractivity contribution in [3.63, 3.8) is 0 Å². The molecule has 23 heavy (non-hydrogen) atoms. The summed E-state index contributed by atoms with van der Waals surface area (Å²) < 4.78 is 0. The molecule has 0 bridgehead atoms. The van der Waals surface area contributed by atoms with E-state index in [2.05, 4.69) is 17.1 Å². The summed E-state index contributed by atoms with van der Waals surface area (Å²) in [6.07, 6.45) is 1.79. The number of aromatic nitrogens is 1. The van der Waals surface area contributed by atoms with Crippen LogP contribution in [0.5, 0.6) is 0 Å². The van der Waals surface area contributed by atoms with Gasteiger partial charge in [-0.3, -0.25) is 0 Å². The van der Waals surface area contributed by atoms with Crippen molar-refractivity contribution >= 4 is 28.4 Å². The van der Waals surface area contributed by atoms with E-state index in [1.54, 1.807) is 33.9 Å². The van der Waals surface area contributed by atoms with Crippen LogP contribution < -0.4 is 11.6 Å². The largest absolute Gasteiger partial charge is 0.397 e. The van der Waals surface area contributed by atoms with Crippen LogP contribution in [0.1, 0.15) is 27.7 Å². The van der Waals surface area contributed by atoms with E-state index in [9.17, 15) is 0 Å². The highest BCUT2D eigenvalue weighted by atomic mass is 32.1. The molecule has 4 nitrogen and oxygen atoms in total. The number of nitrogens with two attached hydrogens (primary N) is 2. The van der Waals surface area contributed by atoms with Gasteiger partial charge in [0, 0.05) is 17.1 Å². The minimum atomic E-state index is -0.110. The van der Waals surface area contributed by atoms with Crippen molar-refractivity contribution < 1.29 is 0 Å². The molecule has 0 amide bonds. The molecule has 0 saturated carbocycles. The van der Waals surface area contributed by atoms with E-state index in [-0.39, 0.29) is 6.04 Å². The number of nitrogens with zero attached hydrogens (tertiary/aromatic N) is 2. The van der Waals surface area contributed by atoms with Gasteiger partial charge in [0.05, 0.1) is 21.8 Å². The summed E-state index contributed by atoms with van der Waals surface area (Å²) in [5.41, 5.74) is 11.8. The molecule has 3 rings (SSSR count). The fourth-order valence-electron chi connectivity index (χ4n) is 2.41. The zero-order valence-corrected chi connectivity index (χ0v) is 14.3. The lowest BCUT2D eigenvalue weighted by atomic mass is 10.0. The van der Waals surface area contributed by atoms with Crippen LogP contribution in [-0.4, -0.2) is 9.99 Å². The number of benzene rings is 1. The Kier molecular flexibility index (Phi) is 4.76. The van der Waals surface area contributed by atoms with Crippen molar-refractivity contribution in [1.29, 1.82) is 0 Å². The third-order valence-electron chi connectivity index (χ3n) is 3.59. The van der Waals surface area contributed by atoms with Gasteiger partial charge in [0.15, 0.2) is 0 Å². The predicted molar refractivity (Wildman–Crippen MR) is 97.6 cm³/mol. The molecule has 118 valence electrons. The fourth-order valence-corrected chi connectivity index (χ4v) is 4.01. The maximum atomic E-state index is 6.38. The molecule has 4 N–H and O–H groups in total. The molecule has 3 aromatic rings. The van der Waals surface area contributed by atoms with Gasteiger partial charge in [-0.15, -0.1) is 11.3 Å². The first-order valence-electron chi connectivity index (χ1n) is 7.14. The third-order valence-corrected chi connectivity index (χ3v) is 5.25. The summed E-state index contributed by atoms with van der Waals surface area (Å²) in [6, 6.07) is 12.0. The van der Waals surface area contributed by atoms with E-state index in [0.29, 0.717) is 5.70 Å². The van der Waals surface area contributed by atoms with Crippen molar-refractivity contribution in [3.8, 4) is 0 Å². The summed E-state index contributed by atoms with van der Waals surface area (Å²) in [7, 11) is 0. The molecule has 0 fully saturated rings. The average molecular weight is 342 g/mol. The summed E-state index contributed by atoms with van der Waals surface area (Å²) >= 11 is 3.22. The maximum absolute atomic E-state index is 6.38. The zero-order chi connectivity index (χ0) is 16.2. The van der Waals surface area contributed by atoms with Gasteiger partial charge in [0.2, 0.25) is 0 Å². The Hall–Kier alpha value is -2.15. The van der Waals surface area contributed by atoms with E-state index < -0.39 is 0 Å². The topological polar surface area (TPSA) is 68.2 Å². The highest BCUT2D eigenvalue weighted by Gasteiger charge is 2.22. The first-order valence-corrected chi connectivity index (χ1v) is 8.97. The maximum Gasteiger partial charge on any atom is 0.106 e. The van der Waals surface area contributed by atoms with Gasteiger partial charge in [-0.25, -0.2) is 10.8 Å². The Bertz CT molecular complexity index is 778. The van der Waals surface area contributed by atoms with E-state index in [0.717, 1.165) is 21.7 Å². The molecule has 0 saturated heterocycles. The minimum absolute atomic E-state index is 0.110. The smallest absolute Gasteiger partial charge is 0.106 e. The van der Waals surface area contributed by atoms with Gasteiger partial charge >= 0.3 is 0 Å². The molecular weight excluding hydrogens is 324 g/mol. The van der Waals surface area contributed by atoms with Crippen molar-refractivity contribution in [3.05, 3.63) is 80.6 Å². The molecule has 0 radical (unpaired) electrons. The first-order chi connectivity index (χ1) is 11.2. The molecule has 0 aliphatic heterocycles.